The van der Waals surface area contributed by atoms with E-state index in [1.165, 1.54) is 30.6 Å². The summed E-state index contributed by atoms with van der Waals surface area (Å²) < 4.78 is 5.29. The maximum atomic E-state index is 5.29. The van der Waals surface area contributed by atoms with E-state index in [0.717, 1.165) is 23.1 Å². The summed E-state index contributed by atoms with van der Waals surface area (Å²) in [6.45, 7) is 0. The van der Waals surface area contributed by atoms with Crippen molar-refractivity contribution in [2.24, 2.45) is 0 Å². The summed E-state index contributed by atoms with van der Waals surface area (Å²) in [6.07, 6.45) is 5.48. The Morgan fingerprint density at radius 2 is 1.94 bits per heavy atom. The number of ether oxygens (including phenoxy) is 1. The van der Waals surface area contributed by atoms with Crippen molar-refractivity contribution in [2.45, 2.75) is 47.9 Å². The number of methoxy groups -OCH3 is 1. The van der Waals surface area contributed by atoms with Gasteiger partial charge in [0.25, 0.3) is 0 Å². The highest BCUT2D eigenvalue weighted by atomic mass is 32.2. The molecule has 98 valence electrons. The van der Waals surface area contributed by atoms with Gasteiger partial charge in [-0.2, -0.15) is 0 Å². The van der Waals surface area contributed by atoms with Gasteiger partial charge in [0.1, 0.15) is 5.75 Å². The Morgan fingerprint density at radius 1 is 1.22 bits per heavy atom. The van der Waals surface area contributed by atoms with E-state index in [-0.39, 0.29) is 0 Å². The van der Waals surface area contributed by atoms with E-state index < -0.39 is 0 Å². The number of thioether (sulfide) groups is 1. The van der Waals surface area contributed by atoms with Crippen LogP contribution in [0.1, 0.15) is 25.7 Å². The molecular weight excluding hydrogens is 242 g/mol. The molecule has 3 atom stereocenters. The molecule has 2 fully saturated rings. The number of hydrogen-bond donors (Lipinski definition) is 0. The first-order chi connectivity index (χ1) is 8.76. The number of fused-ring (bicyclic) bond motifs is 2. The van der Waals surface area contributed by atoms with Crippen LogP contribution < -0.4 is 4.74 Å². The van der Waals surface area contributed by atoms with E-state index in [1.54, 1.807) is 7.11 Å². The average molecular weight is 263 g/mol. The molecule has 0 aromatic heterocycles. The summed E-state index contributed by atoms with van der Waals surface area (Å²) in [5, 5.41) is 0.783. The second-order valence-corrected chi connectivity index (χ2v) is 6.81. The van der Waals surface area contributed by atoms with Crippen LogP contribution >= 0.6 is 11.8 Å². The second kappa shape index (κ2) is 5.14. The Morgan fingerprint density at radius 3 is 2.61 bits per heavy atom. The van der Waals surface area contributed by atoms with E-state index in [2.05, 4.69) is 30.1 Å². The SMILES string of the molecule is COc1cccc(SC2C[C@H]3CC[C@@H](C2)N3C)c1. The lowest BCUT2D eigenvalue weighted by Gasteiger charge is -2.36. The molecule has 3 heteroatoms. The largest absolute Gasteiger partial charge is 0.497 e. The molecule has 1 aromatic rings. The van der Waals surface area contributed by atoms with Gasteiger partial charge >= 0.3 is 0 Å². The van der Waals surface area contributed by atoms with Crippen LogP contribution in [0, 0.1) is 0 Å². The summed E-state index contributed by atoms with van der Waals surface area (Å²) in [4.78, 5) is 3.95. The lowest BCUT2D eigenvalue weighted by Crippen LogP contribution is -2.40. The number of piperidine rings is 1. The highest BCUT2D eigenvalue weighted by molar-refractivity contribution is 8.00. The number of hydrogen-bond acceptors (Lipinski definition) is 3. The second-order valence-electron chi connectivity index (χ2n) is 5.44. The Kier molecular flexibility index (Phi) is 3.53. The van der Waals surface area contributed by atoms with Crippen molar-refractivity contribution in [2.75, 3.05) is 14.2 Å². The van der Waals surface area contributed by atoms with Gasteiger partial charge in [-0.3, -0.25) is 0 Å². The molecule has 0 radical (unpaired) electrons. The average Bonchev–Trinajstić information content (AvgIpc) is 2.62. The first-order valence-electron chi connectivity index (χ1n) is 6.79. The van der Waals surface area contributed by atoms with Gasteiger partial charge in [0.05, 0.1) is 7.11 Å². The van der Waals surface area contributed by atoms with E-state index >= 15 is 0 Å². The lowest BCUT2D eigenvalue weighted by atomic mass is 10.0. The van der Waals surface area contributed by atoms with E-state index in [9.17, 15) is 0 Å². The van der Waals surface area contributed by atoms with Crippen molar-refractivity contribution in [3.63, 3.8) is 0 Å². The van der Waals surface area contributed by atoms with Crippen molar-refractivity contribution < 1.29 is 4.74 Å². The molecule has 1 unspecified atom stereocenters. The minimum Gasteiger partial charge on any atom is -0.497 e. The minimum absolute atomic E-state index is 0.783. The fraction of sp³-hybridized carbons (Fsp3) is 0.600. The molecule has 2 bridgehead atoms. The van der Waals surface area contributed by atoms with Crippen molar-refractivity contribution in [1.29, 1.82) is 0 Å². The fourth-order valence-electron chi connectivity index (χ4n) is 3.32. The maximum absolute atomic E-state index is 5.29. The monoisotopic (exact) mass is 263 g/mol. The van der Waals surface area contributed by atoms with Crippen LogP contribution in [0.25, 0.3) is 0 Å². The van der Waals surface area contributed by atoms with Crippen LogP contribution in [0.2, 0.25) is 0 Å². The van der Waals surface area contributed by atoms with Gasteiger partial charge in [-0.15, -0.1) is 11.8 Å². The third kappa shape index (κ3) is 2.39. The molecule has 1 aromatic carbocycles. The Hall–Kier alpha value is -0.670. The van der Waals surface area contributed by atoms with Crippen molar-refractivity contribution in [1.82, 2.24) is 4.90 Å². The fourth-order valence-corrected chi connectivity index (χ4v) is 4.69. The Labute approximate surface area is 114 Å². The highest BCUT2D eigenvalue weighted by Gasteiger charge is 2.38. The molecule has 3 rings (SSSR count). The molecule has 0 spiro atoms. The van der Waals surface area contributed by atoms with Crippen LogP contribution in [-0.2, 0) is 0 Å². The summed E-state index contributed by atoms with van der Waals surface area (Å²) in [5.74, 6) is 0.968. The van der Waals surface area contributed by atoms with Gasteiger partial charge in [0, 0.05) is 22.2 Å². The van der Waals surface area contributed by atoms with E-state index in [0.29, 0.717) is 0 Å². The third-order valence-electron chi connectivity index (χ3n) is 4.40. The van der Waals surface area contributed by atoms with Gasteiger partial charge in [-0.25, -0.2) is 0 Å². The third-order valence-corrected chi connectivity index (χ3v) is 5.64. The molecule has 0 saturated carbocycles. The Bertz CT molecular complexity index is 409. The van der Waals surface area contributed by atoms with Crippen molar-refractivity contribution >= 4 is 11.8 Å². The quantitative estimate of drug-likeness (QED) is 0.829. The molecular formula is C15H21NOS. The van der Waals surface area contributed by atoms with Gasteiger partial charge in [0.15, 0.2) is 0 Å². The molecule has 0 aliphatic carbocycles. The van der Waals surface area contributed by atoms with Gasteiger partial charge in [-0.1, -0.05) is 6.07 Å². The van der Waals surface area contributed by atoms with E-state index in [4.69, 9.17) is 4.74 Å². The molecule has 18 heavy (non-hydrogen) atoms. The number of benzene rings is 1. The van der Waals surface area contributed by atoms with Crippen molar-refractivity contribution in [3.05, 3.63) is 24.3 Å². The van der Waals surface area contributed by atoms with Crippen LogP contribution in [0.3, 0.4) is 0 Å². The first kappa shape index (κ1) is 12.4. The highest BCUT2D eigenvalue weighted by Crippen LogP contribution is 2.41. The Balaban J connectivity index is 1.66. The molecule has 2 aliphatic heterocycles. The molecule has 2 nitrogen and oxygen atoms in total. The predicted molar refractivity (Wildman–Crippen MR) is 76.4 cm³/mol. The molecule has 0 amide bonds. The maximum Gasteiger partial charge on any atom is 0.119 e. The van der Waals surface area contributed by atoms with Crippen LogP contribution in [0.15, 0.2) is 29.2 Å². The standard InChI is InChI=1S/C15H21NOS/c1-16-11-6-7-12(16)9-15(8-11)18-14-5-3-4-13(10-14)17-2/h3-5,10-12,15H,6-9H2,1-2H3/t11-,12+,15?. The smallest absolute Gasteiger partial charge is 0.119 e. The topological polar surface area (TPSA) is 12.5 Å². The van der Waals surface area contributed by atoms with Gasteiger partial charge in [-0.05, 0) is 50.9 Å². The van der Waals surface area contributed by atoms with Gasteiger partial charge < -0.3 is 9.64 Å². The first-order valence-corrected chi connectivity index (χ1v) is 7.67. The van der Waals surface area contributed by atoms with E-state index in [1.807, 2.05) is 17.8 Å². The van der Waals surface area contributed by atoms with Crippen LogP contribution in [-0.4, -0.2) is 36.4 Å². The molecule has 0 N–H and O–H groups in total. The zero-order chi connectivity index (χ0) is 12.5. The van der Waals surface area contributed by atoms with Crippen molar-refractivity contribution in [3.8, 4) is 5.75 Å². The molecule has 2 aliphatic rings. The number of rotatable bonds is 3. The van der Waals surface area contributed by atoms with Crippen LogP contribution in [0.5, 0.6) is 5.75 Å². The predicted octanol–water partition coefficient (Wildman–Crippen LogP) is 3.41. The number of nitrogens with zero attached hydrogens (tertiary/aromatic N) is 1. The van der Waals surface area contributed by atoms with Crippen LogP contribution in [0.4, 0.5) is 0 Å². The zero-order valence-electron chi connectivity index (χ0n) is 11.1. The molecule has 2 saturated heterocycles. The normalized spacial score (nSPS) is 31.6. The zero-order valence-corrected chi connectivity index (χ0v) is 12.0. The summed E-state index contributed by atoms with van der Waals surface area (Å²) in [5.41, 5.74) is 0. The molecule has 2 heterocycles. The summed E-state index contributed by atoms with van der Waals surface area (Å²) >= 11 is 2.04. The lowest BCUT2D eigenvalue weighted by molar-refractivity contribution is 0.183. The summed E-state index contributed by atoms with van der Waals surface area (Å²) in [7, 11) is 4.04. The minimum atomic E-state index is 0.783. The van der Waals surface area contributed by atoms with Gasteiger partial charge in [0.2, 0.25) is 0 Å². The summed E-state index contributed by atoms with van der Waals surface area (Å²) in [6, 6.07) is 10.1.